The topological polar surface area (TPSA) is 213 Å². The van der Waals surface area contributed by atoms with Crippen LogP contribution in [0.15, 0.2) is 34.6 Å². The van der Waals surface area contributed by atoms with Gasteiger partial charge in [0, 0.05) is 37.7 Å². The molecule has 2 amide bonds. The summed E-state index contributed by atoms with van der Waals surface area (Å²) in [6, 6.07) is -1.79. The van der Waals surface area contributed by atoms with E-state index in [2.05, 4.69) is 5.32 Å². The molecule has 44 heavy (non-hydrogen) atoms. The molecule has 0 aromatic carbocycles. The van der Waals surface area contributed by atoms with Gasteiger partial charge >= 0.3 is 12.1 Å². The van der Waals surface area contributed by atoms with Gasteiger partial charge in [-0.2, -0.15) is 0 Å². The molecule has 14 nitrogen and oxygen atoms in total. The van der Waals surface area contributed by atoms with E-state index >= 15 is 0 Å². The Balaban J connectivity index is 2.69. The first-order valence-electron chi connectivity index (χ1n) is 14.2. The van der Waals surface area contributed by atoms with Gasteiger partial charge in [0.2, 0.25) is 11.5 Å². The summed E-state index contributed by atoms with van der Waals surface area (Å²) in [5, 5.41) is 36.0. The summed E-state index contributed by atoms with van der Waals surface area (Å²) in [7, 11) is 4.98. The lowest BCUT2D eigenvalue weighted by Crippen LogP contribution is -2.59. The van der Waals surface area contributed by atoms with E-state index in [-0.39, 0.29) is 42.1 Å². The summed E-state index contributed by atoms with van der Waals surface area (Å²) < 4.78 is 26.6. The first-order chi connectivity index (χ1) is 20.6. The van der Waals surface area contributed by atoms with Gasteiger partial charge in [-0.3, -0.25) is 9.59 Å². The lowest BCUT2D eigenvalue weighted by atomic mass is 9.87. The van der Waals surface area contributed by atoms with Crippen molar-refractivity contribution in [1.82, 2.24) is 5.32 Å². The highest BCUT2D eigenvalue weighted by Gasteiger charge is 2.61. The Labute approximate surface area is 257 Å². The summed E-state index contributed by atoms with van der Waals surface area (Å²) in [6.45, 7) is 6.56. The molecule has 0 aromatic rings. The molecule has 0 unspecified atom stereocenters. The predicted molar refractivity (Wildman–Crippen MR) is 156 cm³/mol. The highest BCUT2D eigenvalue weighted by molar-refractivity contribution is 6.12. The number of aliphatic hydroxyl groups is 3. The lowest BCUT2D eigenvalue weighted by Gasteiger charge is -2.30. The SMILES string of the molecule is COC(=O)[C@@]1(O)C(OC)=C2C[C@@H](C)C[C@H](OC)[C@H](O)[C@@H](C)/C=C(\C)[C@H](OC(N)=O)[C@@H](OC)C[C@@H](O)/C=C(\C)C(=O)N[C@@H]1C2=O. The molecule has 2 bridgehead atoms. The van der Waals surface area contributed by atoms with Crippen LogP contribution >= 0.6 is 0 Å². The van der Waals surface area contributed by atoms with Crippen LogP contribution in [-0.2, 0) is 38.1 Å². The van der Waals surface area contributed by atoms with Gasteiger partial charge in [-0.05, 0) is 44.3 Å². The van der Waals surface area contributed by atoms with Crippen molar-refractivity contribution in [2.75, 3.05) is 28.4 Å². The van der Waals surface area contributed by atoms with E-state index in [4.69, 9.17) is 29.4 Å². The summed E-state index contributed by atoms with van der Waals surface area (Å²) >= 11 is 0. The number of nitrogens with two attached hydrogens (primary N) is 1. The minimum Gasteiger partial charge on any atom is -0.497 e. The summed E-state index contributed by atoms with van der Waals surface area (Å²) in [4.78, 5) is 51.6. The molecule has 0 fully saturated rings. The molecule has 0 radical (unpaired) electrons. The van der Waals surface area contributed by atoms with E-state index in [1.54, 1.807) is 26.8 Å². The monoisotopic (exact) mass is 626 g/mol. The van der Waals surface area contributed by atoms with Crippen molar-refractivity contribution < 1.29 is 58.2 Å². The van der Waals surface area contributed by atoms with E-state index in [0.717, 1.165) is 7.11 Å². The van der Waals surface area contributed by atoms with Crippen LogP contribution in [-0.4, -0.2) is 110 Å². The molecule has 2 aliphatic rings. The van der Waals surface area contributed by atoms with E-state index in [1.807, 2.05) is 0 Å². The first-order valence-corrected chi connectivity index (χ1v) is 14.2. The van der Waals surface area contributed by atoms with Gasteiger partial charge in [-0.1, -0.05) is 19.9 Å². The average Bonchev–Trinajstić information content (AvgIpc) is 3.16. The number of rotatable bonds is 5. The lowest BCUT2D eigenvalue weighted by molar-refractivity contribution is -0.165. The van der Waals surface area contributed by atoms with Crippen LogP contribution in [0.4, 0.5) is 4.79 Å². The maximum Gasteiger partial charge on any atom is 0.405 e. The number of carbonyl (C=O) groups is 4. The van der Waals surface area contributed by atoms with Crippen LogP contribution in [0.3, 0.4) is 0 Å². The Morgan fingerprint density at radius 2 is 1.61 bits per heavy atom. The van der Waals surface area contributed by atoms with Crippen LogP contribution in [0.5, 0.6) is 0 Å². The van der Waals surface area contributed by atoms with E-state index in [0.29, 0.717) is 5.57 Å². The van der Waals surface area contributed by atoms with Crippen molar-refractivity contribution in [3.63, 3.8) is 0 Å². The maximum atomic E-state index is 13.7. The zero-order valence-corrected chi connectivity index (χ0v) is 26.5. The van der Waals surface area contributed by atoms with Gasteiger partial charge in [0.15, 0.2) is 11.9 Å². The van der Waals surface area contributed by atoms with E-state index in [9.17, 15) is 34.5 Å². The van der Waals surface area contributed by atoms with Gasteiger partial charge in [-0.25, -0.2) is 9.59 Å². The number of hydrogen-bond donors (Lipinski definition) is 5. The Hall–Kier alpha value is -3.30. The van der Waals surface area contributed by atoms with Crippen LogP contribution < -0.4 is 11.1 Å². The van der Waals surface area contributed by atoms with E-state index in [1.165, 1.54) is 34.3 Å². The number of esters is 1. The number of amides is 2. The number of aliphatic hydroxyl groups excluding tert-OH is 2. The molecule has 248 valence electrons. The molecular formula is C30H46N2O12. The number of primary amides is 1. The normalized spacial score (nSPS) is 36.9. The number of nitrogens with one attached hydrogen (secondary N) is 1. The number of methoxy groups -OCH3 is 4. The summed E-state index contributed by atoms with van der Waals surface area (Å²) in [5.74, 6) is -4.07. The van der Waals surface area contributed by atoms with Crippen molar-refractivity contribution in [3.8, 4) is 0 Å². The molecule has 9 atom stereocenters. The number of fused-ring (bicyclic) bond motifs is 2. The van der Waals surface area contributed by atoms with E-state index < -0.39 is 71.8 Å². The van der Waals surface area contributed by atoms with Gasteiger partial charge in [0.05, 0.1) is 32.5 Å². The standard InChI is InChI=1S/C30H46N2O12/c1-14-9-19-23(35)25(30(39,26(19)42-7)28(37)43-8)32-27(36)17(4)12-18(33)13-21(41-6)24(44-29(31)38)16(3)11-15(2)22(34)20(10-14)40-5/h11-12,14-15,18,20-22,24-25,33-34,39H,9-10,13H2,1-8H3,(H2,31,38)(H,32,36)/b16-11+,17-12+/t14-,15+,18+,20+,21+,22-,24+,25-,30+/m1/s1. The molecule has 1 aliphatic carbocycles. The van der Waals surface area contributed by atoms with Crippen LogP contribution in [0.1, 0.15) is 47.0 Å². The molecule has 1 heterocycles. The number of hydrogen-bond acceptors (Lipinski definition) is 12. The second kappa shape index (κ2) is 15.6. The van der Waals surface area contributed by atoms with Gasteiger partial charge < -0.3 is 50.1 Å². The smallest absolute Gasteiger partial charge is 0.405 e. The fraction of sp³-hybridized carbons (Fsp3) is 0.667. The second-order valence-electron chi connectivity index (χ2n) is 11.4. The Kier molecular flexibility index (Phi) is 13.1. The van der Waals surface area contributed by atoms with Gasteiger partial charge in [-0.15, -0.1) is 0 Å². The van der Waals surface area contributed by atoms with Crippen LogP contribution in [0.2, 0.25) is 0 Å². The third-order valence-corrected chi connectivity index (χ3v) is 8.12. The fourth-order valence-electron chi connectivity index (χ4n) is 5.84. The number of ether oxygens (including phenoxy) is 5. The number of Topliss-reactive ketones (excluding diaryl/α,β-unsaturated/α-hetero) is 1. The molecule has 14 heteroatoms. The first kappa shape index (κ1) is 36.9. The molecule has 0 aromatic heterocycles. The quantitative estimate of drug-likeness (QED) is 0.208. The maximum absolute atomic E-state index is 13.7. The van der Waals surface area contributed by atoms with Crippen LogP contribution in [0, 0.1) is 11.8 Å². The minimum atomic E-state index is -2.66. The third kappa shape index (κ3) is 8.04. The Bertz CT molecular complexity index is 1180. The zero-order chi connectivity index (χ0) is 33.5. The molecular weight excluding hydrogens is 580 g/mol. The zero-order valence-electron chi connectivity index (χ0n) is 26.5. The molecule has 0 saturated heterocycles. The highest BCUT2D eigenvalue weighted by atomic mass is 16.6. The predicted octanol–water partition coefficient (Wildman–Crippen LogP) is 0.423. The Morgan fingerprint density at radius 3 is 2.14 bits per heavy atom. The van der Waals surface area contributed by atoms with Crippen molar-refractivity contribution in [2.24, 2.45) is 17.6 Å². The van der Waals surface area contributed by atoms with Crippen molar-refractivity contribution in [1.29, 1.82) is 0 Å². The minimum absolute atomic E-state index is 0.00108. The number of carbonyl (C=O) groups excluding carboxylic acids is 4. The van der Waals surface area contributed by atoms with Crippen molar-refractivity contribution >= 4 is 23.8 Å². The Morgan fingerprint density at radius 1 is 1.00 bits per heavy atom. The number of ketones is 1. The molecule has 6 N–H and O–H groups in total. The molecule has 2 rings (SSSR count). The van der Waals surface area contributed by atoms with Crippen LogP contribution in [0.25, 0.3) is 0 Å². The second-order valence-corrected chi connectivity index (χ2v) is 11.4. The van der Waals surface area contributed by atoms with Gasteiger partial charge in [0.25, 0.3) is 0 Å². The molecule has 0 saturated carbocycles. The van der Waals surface area contributed by atoms with Gasteiger partial charge in [0.1, 0.15) is 17.9 Å². The average molecular weight is 627 g/mol. The summed E-state index contributed by atoms with van der Waals surface area (Å²) in [5.41, 5.74) is 3.08. The summed E-state index contributed by atoms with van der Waals surface area (Å²) in [6.07, 6.45) is -3.20. The highest BCUT2D eigenvalue weighted by Crippen LogP contribution is 2.39. The van der Waals surface area contributed by atoms with Crippen molar-refractivity contribution in [3.05, 3.63) is 34.6 Å². The molecule has 1 aliphatic heterocycles. The fourth-order valence-corrected chi connectivity index (χ4v) is 5.84. The van der Waals surface area contributed by atoms with Crippen molar-refractivity contribution in [2.45, 2.75) is 89.1 Å². The third-order valence-electron chi connectivity index (χ3n) is 8.12. The molecule has 0 spiro atoms. The largest absolute Gasteiger partial charge is 0.497 e.